The van der Waals surface area contributed by atoms with Crippen molar-refractivity contribution in [3.05, 3.63) is 30.1 Å². The van der Waals surface area contributed by atoms with E-state index in [1.54, 1.807) is 18.2 Å². The van der Waals surface area contributed by atoms with E-state index in [2.05, 4.69) is 0 Å². The third kappa shape index (κ3) is 3.13. The average Bonchev–Trinajstić information content (AvgIpc) is 2.58. The summed E-state index contributed by atoms with van der Waals surface area (Å²) in [6.07, 6.45) is 1.84. The largest absolute Gasteiger partial charge is 0.371 e. The van der Waals surface area contributed by atoms with Crippen molar-refractivity contribution >= 4 is 10.8 Å². The third-order valence-electron chi connectivity index (χ3n) is 2.97. The Kier molecular flexibility index (Phi) is 3.64. The van der Waals surface area contributed by atoms with Crippen LogP contribution in [0.25, 0.3) is 0 Å². The molecular formula is C13H17FO2S. The molecule has 0 N–H and O–H groups in total. The maximum atomic E-state index is 13.4. The molecule has 0 saturated carbocycles. The second kappa shape index (κ2) is 4.86. The molecule has 2 unspecified atom stereocenters. The molecule has 0 spiro atoms. The summed E-state index contributed by atoms with van der Waals surface area (Å²) in [5, 5.41) is 0. The first-order valence-corrected chi connectivity index (χ1v) is 7.10. The van der Waals surface area contributed by atoms with Gasteiger partial charge in [0.15, 0.2) is 0 Å². The molecule has 2 rings (SSSR count). The van der Waals surface area contributed by atoms with E-state index in [0.29, 0.717) is 5.75 Å². The maximum Gasteiger partial charge on any atom is 0.139 e. The highest BCUT2D eigenvalue weighted by atomic mass is 32.2. The van der Waals surface area contributed by atoms with Gasteiger partial charge in [-0.05, 0) is 38.8 Å². The van der Waals surface area contributed by atoms with E-state index in [4.69, 9.17) is 4.74 Å². The van der Waals surface area contributed by atoms with Crippen LogP contribution in [0.4, 0.5) is 4.39 Å². The van der Waals surface area contributed by atoms with Crippen LogP contribution < -0.4 is 0 Å². The summed E-state index contributed by atoms with van der Waals surface area (Å²) in [4.78, 5) is 0.279. The molecule has 17 heavy (non-hydrogen) atoms. The van der Waals surface area contributed by atoms with Crippen molar-refractivity contribution in [2.24, 2.45) is 0 Å². The Bertz CT molecular complexity index is 431. The van der Waals surface area contributed by atoms with Gasteiger partial charge in [-0.1, -0.05) is 12.1 Å². The van der Waals surface area contributed by atoms with E-state index in [1.165, 1.54) is 6.07 Å². The summed E-state index contributed by atoms with van der Waals surface area (Å²) in [6.45, 7) is 4.05. The summed E-state index contributed by atoms with van der Waals surface area (Å²) < 4.78 is 31.2. The van der Waals surface area contributed by atoms with Crippen molar-refractivity contribution in [1.82, 2.24) is 0 Å². The Morgan fingerprint density at radius 3 is 2.76 bits per heavy atom. The summed E-state index contributed by atoms with van der Waals surface area (Å²) in [7, 11) is -1.32. The van der Waals surface area contributed by atoms with Crippen molar-refractivity contribution in [1.29, 1.82) is 0 Å². The summed E-state index contributed by atoms with van der Waals surface area (Å²) in [6, 6.07) is 6.22. The lowest BCUT2D eigenvalue weighted by Crippen LogP contribution is -2.23. The van der Waals surface area contributed by atoms with Gasteiger partial charge in [-0.3, -0.25) is 4.21 Å². The lowest BCUT2D eigenvalue weighted by atomic mass is 10.1. The molecule has 0 aliphatic carbocycles. The highest BCUT2D eigenvalue weighted by Crippen LogP contribution is 2.30. The van der Waals surface area contributed by atoms with Crippen LogP contribution in [-0.2, 0) is 15.5 Å². The Morgan fingerprint density at radius 1 is 1.47 bits per heavy atom. The van der Waals surface area contributed by atoms with Crippen LogP contribution in [0.15, 0.2) is 29.2 Å². The van der Waals surface area contributed by atoms with Gasteiger partial charge in [0.1, 0.15) is 5.82 Å². The molecular weight excluding hydrogens is 239 g/mol. The average molecular weight is 256 g/mol. The van der Waals surface area contributed by atoms with Gasteiger partial charge in [0.05, 0.1) is 33.2 Å². The molecule has 0 aromatic heterocycles. The number of rotatable bonds is 3. The normalized spacial score (nSPS) is 24.8. The minimum Gasteiger partial charge on any atom is -0.371 e. The van der Waals surface area contributed by atoms with Gasteiger partial charge in [0.2, 0.25) is 0 Å². The van der Waals surface area contributed by atoms with E-state index in [9.17, 15) is 8.60 Å². The Hall–Kier alpha value is -0.740. The van der Waals surface area contributed by atoms with Crippen molar-refractivity contribution in [2.75, 3.05) is 5.75 Å². The zero-order valence-electron chi connectivity index (χ0n) is 10.1. The first-order chi connectivity index (χ1) is 7.98. The standard InChI is InChI=1S/C13H17FO2S/c1-13(2)8-7-10(16-13)9-17(15)12-6-4-3-5-11(12)14/h3-6,10H,7-9H2,1-2H3. The van der Waals surface area contributed by atoms with E-state index in [1.807, 2.05) is 13.8 Å². The lowest BCUT2D eigenvalue weighted by molar-refractivity contribution is -0.00498. The molecule has 0 bridgehead atoms. The molecule has 0 radical (unpaired) electrons. The molecule has 94 valence electrons. The zero-order chi connectivity index (χ0) is 12.5. The van der Waals surface area contributed by atoms with Crippen LogP contribution in [0.3, 0.4) is 0 Å². The smallest absolute Gasteiger partial charge is 0.139 e. The second-order valence-corrected chi connectivity index (χ2v) is 6.45. The van der Waals surface area contributed by atoms with Crippen molar-refractivity contribution in [3.63, 3.8) is 0 Å². The maximum absolute atomic E-state index is 13.4. The second-order valence-electron chi connectivity index (χ2n) is 4.98. The Balaban J connectivity index is 2.01. The predicted octanol–water partition coefficient (Wildman–Crippen LogP) is 2.89. The fourth-order valence-corrected chi connectivity index (χ4v) is 3.35. The van der Waals surface area contributed by atoms with E-state index in [-0.39, 0.29) is 16.6 Å². The number of benzene rings is 1. The number of hydrogen-bond acceptors (Lipinski definition) is 2. The predicted molar refractivity (Wildman–Crippen MR) is 65.9 cm³/mol. The van der Waals surface area contributed by atoms with Gasteiger partial charge < -0.3 is 4.74 Å². The first-order valence-electron chi connectivity index (χ1n) is 5.79. The fourth-order valence-electron chi connectivity index (χ4n) is 2.08. The minimum absolute atomic E-state index is 0.0227. The van der Waals surface area contributed by atoms with Crippen molar-refractivity contribution < 1.29 is 13.3 Å². The highest BCUT2D eigenvalue weighted by Gasteiger charge is 2.32. The molecule has 2 atom stereocenters. The molecule has 1 aromatic rings. The fraction of sp³-hybridized carbons (Fsp3) is 0.538. The van der Waals surface area contributed by atoms with Crippen LogP contribution in [0.1, 0.15) is 26.7 Å². The molecule has 1 saturated heterocycles. The topological polar surface area (TPSA) is 26.3 Å². The molecule has 2 nitrogen and oxygen atoms in total. The third-order valence-corrected chi connectivity index (χ3v) is 4.47. The van der Waals surface area contributed by atoms with Crippen LogP contribution in [0.2, 0.25) is 0 Å². The van der Waals surface area contributed by atoms with E-state index < -0.39 is 16.6 Å². The summed E-state index contributed by atoms with van der Waals surface area (Å²) in [5.41, 5.74) is -0.135. The monoisotopic (exact) mass is 256 g/mol. The molecule has 4 heteroatoms. The van der Waals surface area contributed by atoms with Gasteiger partial charge >= 0.3 is 0 Å². The molecule has 0 amide bonds. The Morgan fingerprint density at radius 2 is 2.18 bits per heavy atom. The Labute approximate surface area is 104 Å². The van der Waals surface area contributed by atoms with Gasteiger partial charge in [-0.25, -0.2) is 4.39 Å². The van der Waals surface area contributed by atoms with Crippen LogP contribution in [0, 0.1) is 5.82 Å². The van der Waals surface area contributed by atoms with Gasteiger partial charge in [-0.2, -0.15) is 0 Å². The summed E-state index contributed by atoms with van der Waals surface area (Å²) >= 11 is 0. The van der Waals surface area contributed by atoms with Crippen molar-refractivity contribution in [3.8, 4) is 0 Å². The summed E-state index contributed by atoms with van der Waals surface area (Å²) in [5.74, 6) is -0.0206. The van der Waals surface area contributed by atoms with Crippen molar-refractivity contribution in [2.45, 2.75) is 43.3 Å². The quantitative estimate of drug-likeness (QED) is 0.831. The molecule has 1 heterocycles. The molecule has 1 aliphatic heterocycles. The molecule has 1 aromatic carbocycles. The van der Waals surface area contributed by atoms with Gasteiger partial charge in [0, 0.05) is 0 Å². The SMILES string of the molecule is CC1(C)CCC(CS(=O)c2ccccc2F)O1. The van der Waals surface area contributed by atoms with E-state index >= 15 is 0 Å². The van der Waals surface area contributed by atoms with Crippen LogP contribution >= 0.6 is 0 Å². The van der Waals surface area contributed by atoms with Gasteiger partial charge in [0.25, 0.3) is 0 Å². The number of ether oxygens (including phenoxy) is 1. The lowest BCUT2D eigenvalue weighted by Gasteiger charge is -2.19. The molecule has 1 aliphatic rings. The van der Waals surface area contributed by atoms with Crippen LogP contribution in [0.5, 0.6) is 0 Å². The van der Waals surface area contributed by atoms with E-state index in [0.717, 1.165) is 12.8 Å². The first kappa shape index (κ1) is 12.7. The number of halogens is 1. The minimum atomic E-state index is -1.32. The van der Waals surface area contributed by atoms with Gasteiger partial charge in [-0.15, -0.1) is 0 Å². The van der Waals surface area contributed by atoms with Crippen LogP contribution in [-0.4, -0.2) is 21.7 Å². The zero-order valence-corrected chi connectivity index (χ0v) is 10.9. The number of hydrogen-bond donors (Lipinski definition) is 0. The molecule has 1 fully saturated rings. The highest BCUT2D eigenvalue weighted by molar-refractivity contribution is 7.85.